The van der Waals surface area contributed by atoms with E-state index in [2.05, 4.69) is 24.3 Å². The average molecular weight is 260 g/mol. The Morgan fingerprint density at radius 3 is 2.28 bits per heavy atom. The highest BCUT2D eigenvalue weighted by Gasteiger charge is 1.97. The summed E-state index contributed by atoms with van der Waals surface area (Å²) >= 11 is 5.62. The predicted molar refractivity (Wildman–Crippen MR) is 75.9 cm³/mol. The summed E-state index contributed by atoms with van der Waals surface area (Å²) < 4.78 is 5.72. The van der Waals surface area contributed by atoms with Crippen LogP contribution in [0, 0.1) is 6.42 Å². The summed E-state index contributed by atoms with van der Waals surface area (Å²) in [5.41, 5.74) is 2.43. The number of rotatable bonds is 6. The van der Waals surface area contributed by atoms with Gasteiger partial charge in [-0.05, 0) is 36.1 Å². The zero-order valence-electron chi connectivity index (χ0n) is 10.2. The van der Waals surface area contributed by atoms with Gasteiger partial charge in [-0.3, -0.25) is 0 Å². The van der Waals surface area contributed by atoms with E-state index in [1.165, 1.54) is 11.1 Å². The predicted octanol–water partition coefficient (Wildman–Crippen LogP) is 4.25. The molecule has 2 aromatic rings. The van der Waals surface area contributed by atoms with Crippen LogP contribution in [0.4, 0.5) is 0 Å². The van der Waals surface area contributed by atoms with Crippen molar-refractivity contribution in [3.63, 3.8) is 0 Å². The van der Waals surface area contributed by atoms with Gasteiger partial charge in [0.1, 0.15) is 12.4 Å². The second kappa shape index (κ2) is 7.07. The lowest BCUT2D eigenvalue weighted by Crippen LogP contribution is -1.95. The van der Waals surface area contributed by atoms with E-state index in [-0.39, 0.29) is 0 Å². The molecule has 0 bridgehead atoms. The Labute approximate surface area is 113 Å². The summed E-state index contributed by atoms with van der Waals surface area (Å²) in [4.78, 5) is 0. The zero-order valence-corrected chi connectivity index (χ0v) is 10.9. The Balaban J connectivity index is 1.86. The monoisotopic (exact) mass is 259 g/mol. The number of benzene rings is 2. The first-order chi connectivity index (χ1) is 8.88. The van der Waals surface area contributed by atoms with E-state index in [0.29, 0.717) is 12.5 Å². The number of hydrogen-bond acceptors (Lipinski definition) is 1. The van der Waals surface area contributed by atoms with Crippen LogP contribution in [-0.2, 0) is 13.0 Å². The van der Waals surface area contributed by atoms with Gasteiger partial charge in [0.05, 0.1) is 0 Å². The van der Waals surface area contributed by atoms with Gasteiger partial charge in [0.2, 0.25) is 0 Å². The molecule has 18 heavy (non-hydrogen) atoms. The molecule has 0 amide bonds. The standard InChI is InChI=1S/C16H16ClO/c17-12-4-7-14-8-10-16(11-9-14)18-13-15-5-2-1-3-6-15/h1-6,8-11H,7,12-13H2. The van der Waals surface area contributed by atoms with Gasteiger partial charge in [-0.2, -0.15) is 0 Å². The van der Waals surface area contributed by atoms with Gasteiger partial charge in [0, 0.05) is 5.88 Å². The van der Waals surface area contributed by atoms with Crippen molar-refractivity contribution in [2.45, 2.75) is 13.0 Å². The first-order valence-corrected chi connectivity index (χ1v) is 6.55. The van der Waals surface area contributed by atoms with E-state index in [1.807, 2.05) is 36.8 Å². The van der Waals surface area contributed by atoms with Crippen LogP contribution in [-0.4, -0.2) is 5.88 Å². The average Bonchev–Trinajstić information content (AvgIpc) is 2.45. The molecule has 0 unspecified atom stereocenters. The molecule has 93 valence electrons. The van der Waals surface area contributed by atoms with E-state index in [1.54, 1.807) is 0 Å². The number of halogens is 1. The molecule has 1 radical (unpaired) electrons. The highest BCUT2D eigenvalue weighted by molar-refractivity contribution is 6.18. The Bertz CT molecular complexity index is 450. The fourth-order valence-corrected chi connectivity index (χ4v) is 1.79. The molecule has 0 saturated carbocycles. The quantitative estimate of drug-likeness (QED) is 0.705. The van der Waals surface area contributed by atoms with Crippen molar-refractivity contribution in [1.82, 2.24) is 0 Å². The summed E-state index contributed by atoms with van der Waals surface area (Å²) in [6.07, 6.45) is 2.95. The maximum absolute atomic E-state index is 5.72. The van der Waals surface area contributed by atoms with Gasteiger partial charge >= 0.3 is 0 Å². The van der Waals surface area contributed by atoms with E-state index >= 15 is 0 Å². The SMILES string of the molecule is ClC[CH]Cc1ccc(OCc2ccccc2)cc1. The summed E-state index contributed by atoms with van der Waals surface area (Å²) in [6.45, 7) is 0.605. The van der Waals surface area contributed by atoms with Crippen molar-refractivity contribution < 1.29 is 4.74 Å². The molecule has 0 aliphatic carbocycles. The van der Waals surface area contributed by atoms with E-state index in [4.69, 9.17) is 16.3 Å². The van der Waals surface area contributed by atoms with Crippen LogP contribution in [0.25, 0.3) is 0 Å². The first-order valence-electron chi connectivity index (χ1n) is 6.02. The third-order valence-corrected chi connectivity index (χ3v) is 2.88. The lowest BCUT2D eigenvalue weighted by molar-refractivity contribution is 0.306. The lowest BCUT2D eigenvalue weighted by atomic mass is 10.1. The van der Waals surface area contributed by atoms with Crippen molar-refractivity contribution in [2.75, 3.05) is 5.88 Å². The van der Waals surface area contributed by atoms with Crippen molar-refractivity contribution >= 4 is 11.6 Å². The molecule has 0 saturated heterocycles. The fraction of sp³-hybridized carbons (Fsp3) is 0.188. The van der Waals surface area contributed by atoms with Crippen LogP contribution >= 0.6 is 11.6 Å². The van der Waals surface area contributed by atoms with Crippen LogP contribution in [0.3, 0.4) is 0 Å². The topological polar surface area (TPSA) is 9.23 Å². The van der Waals surface area contributed by atoms with Crippen LogP contribution < -0.4 is 4.74 Å². The molecule has 0 fully saturated rings. The van der Waals surface area contributed by atoms with Crippen LogP contribution in [0.1, 0.15) is 11.1 Å². The molecule has 1 nitrogen and oxygen atoms in total. The lowest BCUT2D eigenvalue weighted by Gasteiger charge is -2.07. The highest BCUT2D eigenvalue weighted by Crippen LogP contribution is 2.15. The number of alkyl halides is 1. The van der Waals surface area contributed by atoms with Gasteiger partial charge in [0.15, 0.2) is 0 Å². The van der Waals surface area contributed by atoms with Crippen molar-refractivity contribution in [2.24, 2.45) is 0 Å². The molecule has 0 N–H and O–H groups in total. The molecule has 0 heterocycles. The molecular formula is C16H16ClO. The molecule has 0 aromatic heterocycles. The summed E-state index contributed by atoms with van der Waals surface area (Å²) in [5.74, 6) is 1.49. The molecule has 0 spiro atoms. The molecule has 2 heteroatoms. The van der Waals surface area contributed by atoms with Crippen molar-refractivity contribution in [3.8, 4) is 5.75 Å². The van der Waals surface area contributed by atoms with Crippen molar-refractivity contribution in [1.29, 1.82) is 0 Å². The minimum Gasteiger partial charge on any atom is -0.489 e. The van der Waals surface area contributed by atoms with Crippen LogP contribution in [0.2, 0.25) is 0 Å². The zero-order chi connectivity index (χ0) is 12.6. The Hall–Kier alpha value is -1.47. The Morgan fingerprint density at radius 2 is 1.61 bits per heavy atom. The smallest absolute Gasteiger partial charge is 0.119 e. The van der Waals surface area contributed by atoms with Gasteiger partial charge in [0.25, 0.3) is 0 Å². The second-order valence-electron chi connectivity index (χ2n) is 4.07. The summed E-state index contributed by atoms with van der Waals surface area (Å²) in [5, 5.41) is 0. The highest BCUT2D eigenvalue weighted by atomic mass is 35.5. The second-order valence-corrected chi connectivity index (χ2v) is 4.37. The number of hydrogen-bond donors (Lipinski definition) is 0. The molecular weight excluding hydrogens is 244 g/mol. The van der Waals surface area contributed by atoms with E-state index < -0.39 is 0 Å². The van der Waals surface area contributed by atoms with E-state index in [0.717, 1.165) is 12.2 Å². The third-order valence-electron chi connectivity index (χ3n) is 2.66. The molecule has 2 rings (SSSR count). The van der Waals surface area contributed by atoms with E-state index in [9.17, 15) is 0 Å². The largest absolute Gasteiger partial charge is 0.489 e. The first kappa shape index (κ1) is 13.0. The molecule has 2 aromatic carbocycles. The molecule has 0 aliphatic heterocycles. The molecule has 0 aliphatic rings. The maximum Gasteiger partial charge on any atom is 0.119 e. The minimum atomic E-state index is 0.590. The Morgan fingerprint density at radius 1 is 0.889 bits per heavy atom. The normalized spacial score (nSPS) is 10.3. The van der Waals surface area contributed by atoms with Crippen LogP contribution in [0.15, 0.2) is 54.6 Å². The van der Waals surface area contributed by atoms with Gasteiger partial charge < -0.3 is 4.74 Å². The Kier molecular flexibility index (Phi) is 5.10. The fourth-order valence-electron chi connectivity index (χ4n) is 1.68. The van der Waals surface area contributed by atoms with Gasteiger partial charge in [-0.1, -0.05) is 42.5 Å². The maximum atomic E-state index is 5.72. The van der Waals surface area contributed by atoms with Gasteiger partial charge in [-0.15, -0.1) is 11.6 Å². The third kappa shape index (κ3) is 4.08. The number of ether oxygens (including phenoxy) is 1. The minimum absolute atomic E-state index is 0.590. The van der Waals surface area contributed by atoms with Crippen LogP contribution in [0.5, 0.6) is 5.75 Å². The summed E-state index contributed by atoms with van der Waals surface area (Å²) in [6, 6.07) is 18.3. The molecule has 0 atom stereocenters. The summed E-state index contributed by atoms with van der Waals surface area (Å²) in [7, 11) is 0. The van der Waals surface area contributed by atoms with Gasteiger partial charge in [-0.25, -0.2) is 0 Å². The van der Waals surface area contributed by atoms with Crippen molar-refractivity contribution in [3.05, 3.63) is 72.1 Å².